The second-order valence-corrected chi connectivity index (χ2v) is 10.4. The normalized spacial score (nSPS) is 13.7. The van der Waals surface area contributed by atoms with Crippen LogP contribution < -0.4 is 0 Å². The fourth-order valence-corrected chi connectivity index (χ4v) is 5.06. The molecule has 3 rings (SSSR count). The molecule has 1 aromatic heterocycles. The average Bonchev–Trinajstić information content (AvgIpc) is 3.40. The Balaban J connectivity index is 1.37. The number of hydrogen-bond acceptors (Lipinski definition) is 5. The Hall–Kier alpha value is -3.55. The topological polar surface area (TPSA) is 103 Å². The summed E-state index contributed by atoms with van der Waals surface area (Å²) in [6, 6.07) is 4.36. The van der Waals surface area contributed by atoms with Crippen molar-refractivity contribution in [3.63, 3.8) is 0 Å². The summed E-state index contributed by atoms with van der Waals surface area (Å²) in [6.45, 7) is 2.24. The number of benzene rings is 1. The van der Waals surface area contributed by atoms with Crippen LogP contribution in [0.3, 0.4) is 0 Å². The van der Waals surface area contributed by atoms with Crippen molar-refractivity contribution >= 4 is 39.9 Å². The van der Waals surface area contributed by atoms with Gasteiger partial charge < -0.3 is 4.57 Å². The van der Waals surface area contributed by atoms with Gasteiger partial charge >= 0.3 is 0 Å². The lowest BCUT2D eigenvalue weighted by Crippen LogP contribution is -2.36. The van der Waals surface area contributed by atoms with Crippen LogP contribution in [-0.4, -0.2) is 32.1 Å². The number of non-ortho nitro benzene ring substituents is 1. The number of aromatic nitrogens is 1. The Bertz CT molecular complexity index is 1240. The van der Waals surface area contributed by atoms with Gasteiger partial charge in [0.15, 0.2) is 0 Å². The maximum absolute atomic E-state index is 13.0. The van der Waals surface area contributed by atoms with E-state index in [2.05, 4.69) is 19.1 Å². The number of fused-ring (bicyclic) bond motifs is 1. The molecule has 0 spiro atoms. The van der Waals surface area contributed by atoms with Gasteiger partial charge in [-0.05, 0) is 38.2 Å². The minimum atomic E-state index is -0.636. The predicted octanol–water partition coefficient (Wildman–Crippen LogP) is 7.40. The molecular formula is C31H41N3O5. The molecule has 1 aliphatic rings. The molecule has 0 saturated heterocycles. The Morgan fingerprint density at radius 3 is 2.18 bits per heavy atom. The number of imide groups is 3. The molecule has 8 nitrogen and oxygen atoms in total. The molecule has 2 heterocycles. The second-order valence-electron chi connectivity index (χ2n) is 10.4. The smallest absolute Gasteiger partial charge is 0.271 e. The monoisotopic (exact) mass is 535 g/mol. The zero-order valence-electron chi connectivity index (χ0n) is 23.3. The van der Waals surface area contributed by atoms with Crippen LogP contribution in [0.25, 0.3) is 16.5 Å². The van der Waals surface area contributed by atoms with Gasteiger partial charge in [-0.1, -0.05) is 70.4 Å². The van der Waals surface area contributed by atoms with Crippen LogP contribution in [0.15, 0.2) is 42.6 Å². The van der Waals surface area contributed by atoms with Gasteiger partial charge in [-0.25, -0.2) is 4.90 Å². The number of nitrogens with zero attached hydrogens (tertiary/aromatic N) is 3. The maximum Gasteiger partial charge on any atom is 0.271 e. The molecule has 0 unspecified atom stereocenters. The highest BCUT2D eigenvalue weighted by Crippen LogP contribution is 2.33. The van der Waals surface area contributed by atoms with Gasteiger partial charge in [0.1, 0.15) is 0 Å². The SMILES string of the molecule is CCCCCCCCC=CCCCCCCCC(=O)N1C(=O)C=C(c2cn(C)c3cc([N+](=O)[O-])ccc23)C1=O. The summed E-state index contributed by atoms with van der Waals surface area (Å²) >= 11 is 0. The summed E-state index contributed by atoms with van der Waals surface area (Å²) in [4.78, 5) is 49.7. The van der Waals surface area contributed by atoms with Crippen molar-refractivity contribution in [2.45, 2.75) is 96.8 Å². The molecule has 0 radical (unpaired) electrons. The number of carbonyl (C=O) groups excluding carboxylic acids is 3. The summed E-state index contributed by atoms with van der Waals surface area (Å²) in [5, 5.41) is 11.7. The van der Waals surface area contributed by atoms with E-state index in [0.717, 1.165) is 37.0 Å². The Morgan fingerprint density at radius 1 is 0.923 bits per heavy atom. The molecule has 39 heavy (non-hydrogen) atoms. The van der Waals surface area contributed by atoms with Gasteiger partial charge in [-0.2, -0.15) is 0 Å². The van der Waals surface area contributed by atoms with Crippen molar-refractivity contribution < 1.29 is 19.3 Å². The van der Waals surface area contributed by atoms with E-state index >= 15 is 0 Å². The molecule has 210 valence electrons. The number of hydrogen-bond donors (Lipinski definition) is 0. The van der Waals surface area contributed by atoms with Crippen molar-refractivity contribution in [1.29, 1.82) is 0 Å². The van der Waals surface area contributed by atoms with E-state index in [9.17, 15) is 24.5 Å². The van der Waals surface area contributed by atoms with Crippen LogP contribution in [0.4, 0.5) is 5.69 Å². The number of amides is 3. The van der Waals surface area contributed by atoms with Crippen LogP contribution in [-0.2, 0) is 21.4 Å². The molecule has 1 aliphatic heterocycles. The van der Waals surface area contributed by atoms with Crippen molar-refractivity contribution in [2.24, 2.45) is 7.05 Å². The van der Waals surface area contributed by atoms with E-state index in [4.69, 9.17) is 0 Å². The molecule has 2 aromatic rings. The Morgan fingerprint density at radius 2 is 1.54 bits per heavy atom. The molecule has 0 N–H and O–H groups in total. The van der Waals surface area contributed by atoms with Crippen LogP contribution in [0.2, 0.25) is 0 Å². The Kier molecular flexibility index (Phi) is 11.6. The summed E-state index contributed by atoms with van der Waals surface area (Å²) < 4.78 is 1.67. The van der Waals surface area contributed by atoms with E-state index in [1.807, 2.05) is 0 Å². The summed E-state index contributed by atoms with van der Waals surface area (Å²) in [6.07, 6.45) is 22.5. The number of rotatable bonds is 17. The van der Waals surface area contributed by atoms with Gasteiger partial charge in [0.05, 0.1) is 16.0 Å². The number of carbonyl (C=O) groups is 3. The van der Waals surface area contributed by atoms with Crippen molar-refractivity contribution in [1.82, 2.24) is 9.47 Å². The highest BCUT2D eigenvalue weighted by atomic mass is 16.6. The maximum atomic E-state index is 13.0. The molecule has 1 aromatic carbocycles. The largest absolute Gasteiger partial charge is 0.350 e. The highest BCUT2D eigenvalue weighted by Gasteiger charge is 2.37. The highest BCUT2D eigenvalue weighted by molar-refractivity contribution is 6.39. The van der Waals surface area contributed by atoms with Gasteiger partial charge in [0.25, 0.3) is 17.5 Å². The number of nitro groups is 1. The number of unbranched alkanes of at least 4 members (excludes halogenated alkanes) is 11. The molecular weight excluding hydrogens is 494 g/mol. The first-order valence-corrected chi connectivity index (χ1v) is 14.4. The predicted molar refractivity (Wildman–Crippen MR) is 154 cm³/mol. The third-order valence-electron chi connectivity index (χ3n) is 7.30. The molecule has 0 bridgehead atoms. The standard InChI is InChI=1S/C31H41N3O5/c1-3-4-5-6-7-8-9-10-11-12-13-14-15-16-17-18-29(35)33-30(36)22-26(31(33)37)27-23-32(2)28-21-24(34(38)39)19-20-25(27)28/h10-11,19-23H,3-9,12-18H2,1-2H3. The molecule has 0 saturated carbocycles. The lowest BCUT2D eigenvalue weighted by atomic mass is 10.0. The fourth-order valence-electron chi connectivity index (χ4n) is 5.06. The molecule has 0 fully saturated rings. The summed E-state index contributed by atoms with van der Waals surface area (Å²) in [7, 11) is 1.72. The zero-order chi connectivity index (χ0) is 28.2. The van der Waals surface area contributed by atoms with Gasteiger partial charge in [0, 0.05) is 48.8 Å². The first-order valence-electron chi connectivity index (χ1n) is 14.4. The first-order chi connectivity index (χ1) is 18.8. The van der Waals surface area contributed by atoms with E-state index < -0.39 is 22.6 Å². The van der Waals surface area contributed by atoms with E-state index in [1.54, 1.807) is 23.9 Å². The van der Waals surface area contributed by atoms with Crippen LogP contribution in [0, 0.1) is 10.1 Å². The molecule has 8 heteroatoms. The lowest BCUT2D eigenvalue weighted by Gasteiger charge is -2.12. The van der Waals surface area contributed by atoms with Gasteiger partial charge in [0.2, 0.25) is 5.91 Å². The van der Waals surface area contributed by atoms with Gasteiger partial charge in [-0.3, -0.25) is 24.5 Å². The zero-order valence-corrected chi connectivity index (χ0v) is 23.3. The van der Waals surface area contributed by atoms with Crippen LogP contribution in [0.1, 0.15) is 102 Å². The van der Waals surface area contributed by atoms with Crippen LogP contribution >= 0.6 is 0 Å². The number of allylic oxidation sites excluding steroid dienone is 2. The van der Waals surface area contributed by atoms with Crippen molar-refractivity contribution in [3.8, 4) is 0 Å². The number of aryl methyl sites for hydroxylation is 1. The van der Waals surface area contributed by atoms with Crippen molar-refractivity contribution in [3.05, 3.63) is 58.3 Å². The van der Waals surface area contributed by atoms with E-state index in [1.165, 1.54) is 63.2 Å². The average molecular weight is 536 g/mol. The Labute approximate surface area is 230 Å². The fraction of sp³-hybridized carbons (Fsp3) is 0.516. The lowest BCUT2D eigenvalue weighted by molar-refractivity contribution is -0.384. The number of nitro benzene ring substituents is 1. The molecule has 0 atom stereocenters. The van der Waals surface area contributed by atoms with Crippen LogP contribution in [0.5, 0.6) is 0 Å². The third-order valence-corrected chi connectivity index (χ3v) is 7.30. The van der Waals surface area contributed by atoms with Gasteiger partial charge in [-0.15, -0.1) is 0 Å². The minimum absolute atomic E-state index is 0.0604. The quantitative estimate of drug-likeness (QED) is 0.0690. The summed E-state index contributed by atoms with van der Waals surface area (Å²) in [5.41, 5.74) is 1.13. The first kappa shape index (κ1) is 30.0. The second kappa shape index (κ2) is 15.1. The van der Waals surface area contributed by atoms with E-state index in [-0.39, 0.29) is 17.7 Å². The summed E-state index contributed by atoms with van der Waals surface area (Å²) in [5.74, 6) is -1.75. The van der Waals surface area contributed by atoms with E-state index in [0.29, 0.717) is 22.9 Å². The molecule has 3 amide bonds. The molecule has 0 aliphatic carbocycles. The third kappa shape index (κ3) is 8.22. The van der Waals surface area contributed by atoms with Crippen molar-refractivity contribution in [2.75, 3.05) is 0 Å². The minimum Gasteiger partial charge on any atom is -0.350 e.